The molecular weight excluding hydrogens is 590 g/mol. The molecule has 3 atom stereocenters. The first-order valence-electron chi connectivity index (χ1n) is 14.6. The molecule has 0 aliphatic carbocycles. The number of anilines is 1. The number of nitrogens with zero attached hydrogens (tertiary/aromatic N) is 2. The number of H-pyrrole nitrogens is 1. The molecule has 1 saturated heterocycles. The van der Waals surface area contributed by atoms with Gasteiger partial charge in [-0.3, -0.25) is 5.10 Å². The molecule has 5 aromatic rings. The van der Waals surface area contributed by atoms with Crippen LogP contribution < -0.4 is 15.4 Å². The van der Waals surface area contributed by atoms with E-state index in [0.29, 0.717) is 30.2 Å². The highest BCUT2D eigenvalue weighted by molar-refractivity contribution is 7.99. The zero-order valence-corrected chi connectivity index (χ0v) is 25.2. The van der Waals surface area contributed by atoms with Crippen molar-refractivity contribution < 1.29 is 24.1 Å². The number of hydrogen-bond acceptors (Lipinski definition) is 8. The lowest BCUT2D eigenvalue weighted by Crippen LogP contribution is -2.31. The normalized spacial score (nSPS) is 17.8. The summed E-state index contributed by atoms with van der Waals surface area (Å²) in [5, 5.41) is 22.7. The Bertz CT molecular complexity index is 1640. The summed E-state index contributed by atoms with van der Waals surface area (Å²) in [6, 6.07) is 32.1. The Labute approximate surface area is 265 Å². The number of nitrogens with one attached hydrogen (secondary N) is 3. The van der Waals surface area contributed by atoms with Crippen molar-refractivity contribution in [2.24, 2.45) is 0 Å². The molecule has 1 aromatic heterocycles. The fourth-order valence-corrected chi connectivity index (χ4v) is 5.64. The Morgan fingerprint density at radius 3 is 2.31 bits per heavy atom. The molecule has 10 nitrogen and oxygen atoms in total. The Hall–Kier alpha value is -4.68. The number of aliphatic hydroxyl groups excluding tert-OH is 1. The summed E-state index contributed by atoms with van der Waals surface area (Å²) in [4.78, 5) is 16.8. The summed E-state index contributed by atoms with van der Waals surface area (Å²) in [6.45, 7) is 0.346. The number of aromatic nitrogens is 3. The van der Waals surface area contributed by atoms with Crippen molar-refractivity contribution >= 4 is 23.5 Å². The van der Waals surface area contributed by atoms with Gasteiger partial charge in [-0.2, -0.15) is 5.10 Å². The monoisotopic (exact) mass is 623 g/mol. The zero-order chi connectivity index (χ0) is 30.8. The van der Waals surface area contributed by atoms with Crippen LogP contribution in [0.4, 0.5) is 10.5 Å². The van der Waals surface area contributed by atoms with E-state index in [2.05, 4.69) is 25.8 Å². The van der Waals surface area contributed by atoms with Crippen LogP contribution in [-0.2, 0) is 22.6 Å². The molecule has 230 valence electrons. The van der Waals surface area contributed by atoms with Gasteiger partial charge in [-0.1, -0.05) is 78.5 Å². The third kappa shape index (κ3) is 8.49. The van der Waals surface area contributed by atoms with Crippen molar-refractivity contribution in [3.8, 4) is 11.5 Å². The number of urea groups is 1. The van der Waals surface area contributed by atoms with Gasteiger partial charge in [-0.15, -0.1) is 0 Å². The molecule has 11 heteroatoms. The second-order valence-electron chi connectivity index (χ2n) is 10.4. The minimum atomic E-state index is -0.569. The molecule has 45 heavy (non-hydrogen) atoms. The van der Waals surface area contributed by atoms with Crippen LogP contribution in [0.25, 0.3) is 0 Å². The van der Waals surface area contributed by atoms with E-state index in [1.54, 1.807) is 23.9 Å². The molecular formula is C34H33N5O5S. The Morgan fingerprint density at radius 2 is 1.60 bits per heavy atom. The molecule has 1 aliphatic rings. The third-order valence-corrected chi connectivity index (χ3v) is 8.22. The molecule has 6 rings (SSSR count). The van der Waals surface area contributed by atoms with E-state index in [4.69, 9.17) is 14.2 Å². The maximum atomic E-state index is 12.6. The van der Waals surface area contributed by atoms with Crippen LogP contribution in [0.3, 0.4) is 0 Å². The van der Waals surface area contributed by atoms with Crippen molar-refractivity contribution in [3.05, 3.63) is 132 Å². The first-order chi connectivity index (χ1) is 22.1. The van der Waals surface area contributed by atoms with Gasteiger partial charge in [0.05, 0.1) is 18.8 Å². The molecule has 0 spiro atoms. The largest absolute Gasteiger partial charge is 0.457 e. The number of rotatable bonds is 11. The summed E-state index contributed by atoms with van der Waals surface area (Å²) in [5.41, 5.74) is 4.35. The lowest BCUT2D eigenvalue weighted by Gasteiger charge is -2.36. The van der Waals surface area contributed by atoms with E-state index in [0.717, 1.165) is 33.2 Å². The first kappa shape index (κ1) is 30.4. The van der Waals surface area contributed by atoms with E-state index in [9.17, 15) is 9.90 Å². The summed E-state index contributed by atoms with van der Waals surface area (Å²) in [7, 11) is 0. The minimum absolute atomic E-state index is 0.00539. The number of benzene rings is 4. The second kappa shape index (κ2) is 14.9. The predicted octanol–water partition coefficient (Wildman–Crippen LogP) is 6.75. The number of amides is 2. The van der Waals surface area contributed by atoms with E-state index < -0.39 is 6.29 Å². The summed E-state index contributed by atoms with van der Waals surface area (Å²) in [6.07, 6.45) is 1.32. The van der Waals surface area contributed by atoms with Crippen LogP contribution in [0.5, 0.6) is 11.5 Å². The standard InChI is InChI=1S/C34H33N5O5S/c40-20-24-8-10-25(11-9-24)31-18-30(21-45-34-36-22-37-39-34)43-32(44-31)26-12-6-23(7-13-26)19-35-33(41)38-27-14-16-29(17-15-27)42-28-4-2-1-3-5-28/h1-17,22,30-32,40H,18-21H2,(H2,35,38,41)(H,36,37,39)/t30-,31+,32+/m0/s1. The smallest absolute Gasteiger partial charge is 0.319 e. The van der Waals surface area contributed by atoms with Crippen LogP contribution in [-0.4, -0.2) is 38.2 Å². The van der Waals surface area contributed by atoms with Crippen molar-refractivity contribution in [1.29, 1.82) is 0 Å². The summed E-state index contributed by atoms with van der Waals surface area (Å²) in [5.74, 6) is 2.11. The van der Waals surface area contributed by atoms with Gasteiger partial charge in [-0.25, -0.2) is 9.78 Å². The first-order valence-corrected chi connectivity index (χ1v) is 15.6. The lowest BCUT2D eigenvalue weighted by atomic mass is 10.0. The minimum Gasteiger partial charge on any atom is -0.457 e. The van der Waals surface area contributed by atoms with Gasteiger partial charge in [-0.05, 0) is 53.1 Å². The topological polar surface area (TPSA) is 131 Å². The Morgan fingerprint density at radius 1 is 0.889 bits per heavy atom. The average molecular weight is 624 g/mol. The fourth-order valence-electron chi connectivity index (χ4n) is 4.84. The van der Waals surface area contributed by atoms with Crippen LogP contribution in [0.15, 0.2) is 115 Å². The van der Waals surface area contributed by atoms with Crippen molar-refractivity contribution in [1.82, 2.24) is 20.5 Å². The van der Waals surface area contributed by atoms with Crippen LogP contribution in [0.1, 0.15) is 41.1 Å². The highest BCUT2D eigenvalue weighted by Crippen LogP contribution is 2.39. The van der Waals surface area contributed by atoms with Crippen LogP contribution >= 0.6 is 11.8 Å². The van der Waals surface area contributed by atoms with Gasteiger partial charge in [0.1, 0.15) is 17.8 Å². The maximum Gasteiger partial charge on any atom is 0.319 e. The van der Waals surface area contributed by atoms with Gasteiger partial charge in [0, 0.05) is 30.0 Å². The Kier molecular flexibility index (Phi) is 10.0. The van der Waals surface area contributed by atoms with E-state index in [1.807, 2.05) is 91.0 Å². The number of aliphatic hydroxyl groups is 1. The third-order valence-electron chi connectivity index (χ3n) is 7.21. The molecule has 0 unspecified atom stereocenters. The molecule has 1 fully saturated rings. The number of hydrogen-bond donors (Lipinski definition) is 4. The average Bonchev–Trinajstić information content (AvgIpc) is 3.62. The fraction of sp³-hybridized carbons (Fsp3) is 0.206. The Balaban J connectivity index is 1.04. The molecule has 2 amide bonds. The lowest BCUT2D eigenvalue weighted by molar-refractivity contribution is -0.245. The summed E-state index contributed by atoms with van der Waals surface area (Å²) < 4.78 is 18.6. The highest BCUT2D eigenvalue weighted by atomic mass is 32.2. The number of carbonyl (C=O) groups excluding carboxylic acids is 1. The quantitative estimate of drug-likeness (QED) is 0.119. The molecule has 0 saturated carbocycles. The molecule has 4 aromatic carbocycles. The van der Waals surface area contributed by atoms with Crippen molar-refractivity contribution in [3.63, 3.8) is 0 Å². The maximum absolute atomic E-state index is 12.6. The van der Waals surface area contributed by atoms with Crippen LogP contribution in [0.2, 0.25) is 0 Å². The predicted molar refractivity (Wildman–Crippen MR) is 171 cm³/mol. The molecule has 0 radical (unpaired) electrons. The number of aromatic amines is 1. The highest BCUT2D eigenvalue weighted by Gasteiger charge is 2.32. The van der Waals surface area contributed by atoms with Crippen molar-refractivity contribution in [2.75, 3.05) is 11.1 Å². The molecule has 2 heterocycles. The SMILES string of the molecule is O=C(NCc1ccc([C@@H]2O[C@H](CSc3ncn[nH]3)C[C@H](c3ccc(CO)cc3)O2)cc1)Nc1ccc(Oc2ccccc2)cc1. The molecule has 4 N–H and O–H groups in total. The number of ether oxygens (including phenoxy) is 3. The summed E-state index contributed by atoms with van der Waals surface area (Å²) >= 11 is 1.55. The number of para-hydroxylation sites is 1. The van der Waals surface area contributed by atoms with Gasteiger partial charge in [0.2, 0.25) is 0 Å². The van der Waals surface area contributed by atoms with Crippen LogP contribution in [0, 0.1) is 0 Å². The van der Waals surface area contributed by atoms with Crippen molar-refractivity contribution in [2.45, 2.75) is 43.2 Å². The van der Waals surface area contributed by atoms with Gasteiger partial charge in [0.15, 0.2) is 11.4 Å². The number of thioether (sulfide) groups is 1. The molecule has 0 bridgehead atoms. The van der Waals surface area contributed by atoms with E-state index in [1.165, 1.54) is 6.33 Å². The van der Waals surface area contributed by atoms with Gasteiger partial charge >= 0.3 is 6.03 Å². The van der Waals surface area contributed by atoms with Gasteiger partial charge < -0.3 is 30.0 Å². The van der Waals surface area contributed by atoms with Gasteiger partial charge in [0.25, 0.3) is 0 Å². The zero-order valence-electron chi connectivity index (χ0n) is 24.3. The van der Waals surface area contributed by atoms with E-state index >= 15 is 0 Å². The molecule has 1 aliphatic heterocycles. The number of carbonyl (C=O) groups is 1. The second-order valence-corrected chi connectivity index (χ2v) is 11.4. The van der Waals surface area contributed by atoms with E-state index in [-0.39, 0.29) is 24.8 Å².